The third-order valence-electron chi connectivity index (χ3n) is 2.99. The zero-order chi connectivity index (χ0) is 16.7. The Morgan fingerprint density at radius 1 is 1.26 bits per heavy atom. The molecule has 1 amide bonds. The molecule has 0 aromatic heterocycles. The van der Waals surface area contributed by atoms with Gasteiger partial charge < -0.3 is 10.1 Å². The molecule has 3 nitrogen and oxygen atoms in total. The van der Waals surface area contributed by atoms with Crippen LogP contribution in [0.4, 0.5) is 4.39 Å². The van der Waals surface area contributed by atoms with Gasteiger partial charge in [-0.25, -0.2) is 4.39 Å². The molecule has 0 aliphatic rings. The van der Waals surface area contributed by atoms with Crippen LogP contribution in [0, 0.1) is 5.82 Å². The van der Waals surface area contributed by atoms with Crippen molar-refractivity contribution in [2.45, 2.75) is 17.1 Å². The molecule has 0 saturated carbocycles. The van der Waals surface area contributed by atoms with E-state index in [0.29, 0.717) is 11.6 Å². The molecular formula is C17H17ClFNO2S. The molecule has 0 radical (unpaired) electrons. The third-order valence-corrected chi connectivity index (χ3v) is 4.36. The second-order valence-electron chi connectivity index (χ2n) is 4.78. The van der Waals surface area contributed by atoms with Crippen LogP contribution in [0.2, 0.25) is 5.02 Å². The minimum Gasteiger partial charge on any atom is -0.489 e. The van der Waals surface area contributed by atoms with Gasteiger partial charge in [-0.05, 0) is 43.3 Å². The highest BCUT2D eigenvalue weighted by molar-refractivity contribution is 8.00. The number of amides is 1. The van der Waals surface area contributed by atoms with Gasteiger partial charge in [-0.3, -0.25) is 4.79 Å². The van der Waals surface area contributed by atoms with Crippen LogP contribution in [-0.2, 0) is 4.79 Å². The number of hydrogen-bond donors (Lipinski definition) is 1. The number of ether oxygens (including phenoxy) is 1. The highest BCUT2D eigenvalue weighted by Gasteiger charge is 2.13. The van der Waals surface area contributed by atoms with Crippen molar-refractivity contribution in [1.29, 1.82) is 0 Å². The van der Waals surface area contributed by atoms with Gasteiger partial charge >= 0.3 is 0 Å². The molecule has 1 N–H and O–H groups in total. The minimum atomic E-state index is -0.412. The molecule has 122 valence electrons. The van der Waals surface area contributed by atoms with Gasteiger partial charge in [0.1, 0.15) is 6.61 Å². The molecule has 2 aromatic rings. The maximum atomic E-state index is 13.3. The van der Waals surface area contributed by atoms with Crippen molar-refractivity contribution in [1.82, 2.24) is 5.32 Å². The van der Waals surface area contributed by atoms with Crippen LogP contribution in [0.1, 0.15) is 6.92 Å². The Labute approximate surface area is 144 Å². The van der Waals surface area contributed by atoms with Crippen molar-refractivity contribution in [3.63, 3.8) is 0 Å². The van der Waals surface area contributed by atoms with E-state index in [1.165, 1.54) is 17.8 Å². The van der Waals surface area contributed by atoms with Gasteiger partial charge in [-0.1, -0.05) is 23.7 Å². The molecule has 0 aliphatic carbocycles. The number of carbonyl (C=O) groups excluding carboxylic acids is 1. The fourth-order valence-corrected chi connectivity index (χ4v) is 2.83. The number of thioether (sulfide) groups is 1. The Kier molecular flexibility index (Phi) is 6.74. The maximum Gasteiger partial charge on any atom is 0.233 e. The third kappa shape index (κ3) is 5.77. The van der Waals surface area contributed by atoms with E-state index in [4.69, 9.17) is 16.3 Å². The molecule has 0 unspecified atom stereocenters. The van der Waals surface area contributed by atoms with Crippen molar-refractivity contribution in [2.24, 2.45) is 0 Å². The summed E-state index contributed by atoms with van der Waals surface area (Å²) < 4.78 is 18.6. The van der Waals surface area contributed by atoms with Gasteiger partial charge in [0.25, 0.3) is 0 Å². The maximum absolute atomic E-state index is 13.3. The topological polar surface area (TPSA) is 38.3 Å². The molecule has 1 atom stereocenters. The summed E-state index contributed by atoms with van der Waals surface area (Å²) >= 11 is 7.27. The average molecular weight is 354 g/mol. The first-order valence-electron chi connectivity index (χ1n) is 7.13. The largest absolute Gasteiger partial charge is 0.489 e. The number of para-hydroxylation sites is 1. The lowest BCUT2D eigenvalue weighted by atomic mass is 10.3. The quantitative estimate of drug-likeness (QED) is 0.600. The fourth-order valence-electron chi connectivity index (χ4n) is 1.81. The van der Waals surface area contributed by atoms with Crippen LogP contribution >= 0.6 is 23.4 Å². The van der Waals surface area contributed by atoms with E-state index in [1.807, 2.05) is 19.1 Å². The molecule has 23 heavy (non-hydrogen) atoms. The van der Waals surface area contributed by atoms with Crippen molar-refractivity contribution in [3.8, 4) is 5.75 Å². The smallest absolute Gasteiger partial charge is 0.233 e. The van der Waals surface area contributed by atoms with Crippen molar-refractivity contribution >= 4 is 29.3 Å². The first-order valence-corrected chi connectivity index (χ1v) is 8.39. The summed E-state index contributed by atoms with van der Waals surface area (Å²) in [6.07, 6.45) is 0. The van der Waals surface area contributed by atoms with Crippen LogP contribution in [-0.4, -0.2) is 24.3 Å². The molecule has 0 heterocycles. The lowest BCUT2D eigenvalue weighted by Crippen LogP contribution is -2.34. The van der Waals surface area contributed by atoms with Crippen molar-refractivity contribution < 1.29 is 13.9 Å². The number of halogens is 2. The summed E-state index contributed by atoms with van der Waals surface area (Å²) in [6, 6.07) is 13.5. The monoisotopic (exact) mass is 353 g/mol. The van der Waals surface area contributed by atoms with E-state index in [-0.39, 0.29) is 23.5 Å². The number of hydrogen-bond acceptors (Lipinski definition) is 3. The van der Waals surface area contributed by atoms with Crippen molar-refractivity contribution in [3.05, 3.63) is 59.4 Å². The Bertz CT molecular complexity index is 651. The van der Waals surface area contributed by atoms with Crippen LogP contribution in [0.15, 0.2) is 53.4 Å². The highest BCUT2D eigenvalue weighted by atomic mass is 35.5. The predicted octanol–water partition coefficient (Wildman–Crippen LogP) is 4.15. The number of benzene rings is 2. The normalized spacial score (nSPS) is 11.8. The standard InChI is InChI=1S/C17H17ClFNO2S/c1-12(23-14-8-6-13(18)7-9-14)17(21)20-10-11-22-16-5-3-2-4-15(16)19/h2-9,12H,10-11H2,1H3,(H,20,21)/t12-/m1/s1. The van der Waals surface area contributed by atoms with Gasteiger partial charge in [0.2, 0.25) is 5.91 Å². The molecule has 0 fully saturated rings. The van der Waals surface area contributed by atoms with E-state index in [2.05, 4.69) is 5.32 Å². The van der Waals surface area contributed by atoms with Crippen LogP contribution in [0.3, 0.4) is 0 Å². The van der Waals surface area contributed by atoms with E-state index in [0.717, 1.165) is 4.90 Å². The first-order chi connectivity index (χ1) is 11.1. The Hall–Kier alpha value is -1.72. The van der Waals surface area contributed by atoms with Gasteiger partial charge in [-0.2, -0.15) is 0 Å². The van der Waals surface area contributed by atoms with Gasteiger partial charge in [0, 0.05) is 9.92 Å². The zero-order valence-corrected chi connectivity index (χ0v) is 14.2. The van der Waals surface area contributed by atoms with Crippen LogP contribution < -0.4 is 10.1 Å². The van der Waals surface area contributed by atoms with E-state index < -0.39 is 5.82 Å². The molecular weight excluding hydrogens is 337 g/mol. The summed E-state index contributed by atoms with van der Waals surface area (Å²) in [7, 11) is 0. The second-order valence-corrected chi connectivity index (χ2v) is 6.63. The first kappa shape index (κ1) is 17.6. The molecule has 0 bridgehead atoms. The molecule has 0 saturated heterocycles. The predicted molar refractivity (Wildman–Crippen MR) is 91.7 cm³/mol. The number of rotatable bonds is 7. The van der Waals surface area contributed by atoms with Gasteiger partial charge in [0.15, 0.2) is 11.6 Å². The lowest BCUT2D eigenvalue weighted by Gasteiger charge is -2.12. The van der Waals surface area contributed by atoms with E-state index in [9.17, 15) is 9.18 Å². The summed E-state index contributed by atoms with van der Waals surface area (Å²) in [5.74, 6) is -0.321. The average Bonchev–Trinajstić information content (AvgIpc) is 2.55. The second kappa shape index (κ2) is 8.79. The Balaban J connectivity index is 1.72. The Morgan fingerprint density at radius 3 is 2.65 bits per heavy atom. The Morgan fingerprint density at radius 2 is 1.96 bits per heavy atom. The molecule has 0 aliphatic heterocycles. The van der Waals surface area contributed by atoms with Crippen LogP contribution in [0.5, 0.6) is 5.75 Å². The molecule has 6 heteroatoms. The SMILES string of the molecule is C[C@@H](Sc1ccc(Cl)cc1)C(=O)NCCOc1ccccc1F. The molecule has 2 aromatic carbocycles. The zero-order valence-electron chi connectivity index (χ0n) is 12.6. The number of nitrogens with one attached hydrogen (secondary N) is 1. The highest BCUT2D eigenvalue weighted by Crippen LogP contribution is 2.24. The fraction of sp³-hybridized carbons (Fsp3) is 0.235. The molecule has 0 spiro atoms. The van der Waals surface area contributed by atoms with Crippen LogP contribution in [0.25, 0.3) is 0 Å². The van der Waals surface area contributed by atoms with Crippen molar-refractivity contribution in [2.75, 3.05) is 13.2 Å². The van der Waals surface area contributed by atoms with E-state index >= 15 is 0 Å². The summed E-state index contributed by atoms with van der Waals surface area (Å²) in [5.41, 5.74) is 0. The van der Waals surface area contributed by atoms with Gasteiger partial charge in [-0.15, -0.1) is 11.8 Å². The van der Waals surface area contributed by atoms with Gasteiger partial charge in [0.05, 0.1) is 11.8 Å². The summed E-state index contributed by atoms with van der Waals surface area (Å²) in [6.45, 7) is 2.36. The molecule has 2 rings (SSSR count). The lowest BCUT2D eigenvalue weighted by molar-refractivity contribution is -0.120. The minimum absolute atomic E-state index is 0.0953. The van der Waals surface area contributed by atoms with E-state index in [1.54, 1.807) is 30.3 Å². The summed E-state index contributed by atoms with van der Waals surface area (Å²) in [4.78, 5) is 13.0. The number of carbonyl (C=O) groups is 1. The summed E-state index contributed by atoms with van der Waals surface area (Å²) in [5, 5.41) is 3.19.